The molecule has 8 nitrogen and oxygen atoms in total. The van der Waals surface area contributed by atoms with Crippen molar-refractivity contribution in [2.75, 3.05) is 43.5 Å². The van der Waals surface area contributed by atoms with Gasteiger partial charge in [0.05, 0.1) is 34.7 Å². The lowest BCUT2D eigenvalue weighted by molar-refractivity contribution is 0.0714. The van der Waals surface area contributed by atoms with Gasteiger partial charge in [-0.1, -0.05) is 34.8 Å². The van der Waals surface area contributed by atoms with Gasteiger partial charge in [0.15, 0.2) is 10.9 Å². The number of nitrogens with zero attached hydrogens (tertiary/aromatic N) is 2. The Hall–Kier alpha value is -2.98. The number of ether oxygens (including phenoxy) is 1. The highest BCUT2D eigenvalue weighted by Crippen LogP contribution is 2.32. The first-order chi connectivity index (χ1) is 17.3. The molecule has 12 heteroatoms. The fourth-order valence-electron chi connectivity index (χ4n) is 3.82. The molecule has 0 bridgehead atoms. The molecular formula is C24H21Cl3N4O4S. The number of carbonyl (C=O) groups excluding carboxylic acids is 2. The molecule has 3 aromatic rings. The van der Waals surface area contributed by atoms with E-state index in [1.807, 2.05) is 6.07 Å². The summed E-state index contributed by atoms with van der Waals surface area (Å²) < 4.78 is 10.4. The second kappa shape index (κ2) is 11.4. The first-order valence-corrected chi connectivity index (χ1v) is 12.3. The summed E-state index contributed by atoms with van der Waals surface area (Å²) in [4.78, 5) is 29.0. The van der Waals surface area contributed by atoms with Gasteiger partial charge in [-0.15, -0.1) is 0 Å². The summed E-state index contributed by atoms with van der Waals surface area (Å²) in [5, 5.41) is 6.59. The van der Waals surface area contributed by atoms with Crippen LogP contribution in [0, 0.1) is 0 Å². The topological polar surface area (TPSA) is 87.0 Å². The first kappa shape index (κ1) is 26.1. The summed E-state index contributed by atoms with van der Waals surface area (Å²) in [5.41, 5.74) is 1.58. The minimum absolute atomic E-state index is 0.0621. The zero-order chi connectivity index (χ0) is 25.8. The summed E-state index contributed by atoms with van der Waals surface area (Å²) in [5.74, 6) is -0.131. The minimum Gasteiger partial charge on any atom is -0.494 e. The van der Waals surface area contributed by atoms with Crippen LogP contribution in [0.2, 0.25) is 15.1 Å². The van der Waals surface area contributed by atoms with Crippen LogP contribution in [0.1, 0.15) is 20.9 Å². The van der Waals surface area contributed by atoms with Gasteiger partial charge in [0.2, 0.25) is 0 Å². The molecule has 1 fully saturated rings. The molecule has 2 aromatic carbocycles. The maximum Gasteiger partial charge on any atom is 0.289 e. The van der Waals surface area contributed by atoms with Crippen molar-refractivity contribution in [3.8, 4) is 5.75 Å². The Kier molecular flexibility index (Phi) is 8.25. The second-order valence-electron chi connectivity index (χ2n) is 7.80. The molecule has 36 heavy (non-hydrogen) atoms. The summed E-state index contributed by atoms with van der Waals surface area (Å²) in [6, 6.07) is 11.7. The number of methoxy groups -OCH3 is 1. The van der Waals surface area contributed by atoms with Gasteiger partial charge >= 0.3 is 0 Å². The van der Waals surface area contributed by atoms with Crippen LogP contribution in [0.5, 0.6) is 5.75 Å². The molecule has 1 aromatic heterocycles. The molecule has 0 radical (unpaired) electrons. The van der Waals surface area contributed by atoms with Crippen LogP contribution in [-0.2, 0) is 0 Å². The van der Waals surface area contributed by atoms with Crippen LogP contribution in [0.4, 0.5) is 11.4 Å². The van der Waals surface area contributed by atoms with E-state index >= 15 is 0 Å². The van der Waals surface area contributed by atoms with Crippen molar-refractivity contribution < 1.29 is 18.7 Å². The molecule has 0 spiro atoms. The van der Waals surface area contributed by atoms with Crippen LogP contribution in [0.3, 0.4) is 0 Å². The third kappa shape index (κ3) is 5.87. The molecule has 0 unspecified atom stereocenters. The predicted molar refractivity (Wildman–Crippen MR) is 145 cm³/mol. The maximum atomic E-state index is 12.7. The molecule has 1 aliphatic rings. The molecule has 4 rings (SSSR count). The number of thiocarbonyl (C=S) groups is 1. The van der Waals surface area contributed by atoms with Gasteiger partial charge < -0.3 is 24.3 Å². The summed E-state index contributed by atoms with van der Waals surface area (Å²) in [6.45, 7) is 2.33. The average Bonchev–Trinajstić information content (AvgIpc) is 3.38. The van der Waals surface area contributed by atoms with Crippen molar-refractivity contribution in [1.82, 2.24) is 10.2 Å². The number of amides is 2. The lowest BCUT2D eigenvalue weighted by atomic mass is 10.2. The molecule has 1 aliphatic heterocycles. The Bertz CT molecular complexity index is 1290. The van der Waals surface area contributed by atoms with Crippen LogP contribution in [0.15, 0.2) is 53.1 Å². The lowest BCUT2D eigenvalue weighted by Gasteiger charge is -2.36. The van der Waals surface area contributed by atoms with Crippen LogP contribution < -0.4 is 20.3 Å². The molecule has 188 valence electrons. The number of hydrogen-bond donors (Lipinski definition) is 2. The van der Waals surface area contributed by atoms with Gasteiger partial charge in [-0.05, 0) is 54.7 Å². The molecule has 2 heterocycles. The standard InChI is InChI=1S/C24H21Cl3N4O4S/c1-34-21-16(11-14(25)12-18(21)27)22(32)29-24(36)28-15-4-5-19(17(26)13-15)30-6-8-31(9-7-30)23(33)20-3-2-10-35-20/h2-5,10-13H,6-9H2,1H3,(H2,28,29,32,36). The smallest absolute Gasteiger partial charge is 0.289 e. The first-order valence-electron chi connectivity index (χ1n) is 10.8. The lowest BCUT2D eigenvalue weighted by Crippen LogP contribution is -2.48. The number of benzene rings is 2. The highest BCUT2D eigenvalue weighted by Gasteiger charge is 2.25. The number of carbonyl (C=O) groups is 2. The van der Waals surface area contributed by atoms with E-state index in [9.17, 15) is 9.59 Å². The van der Waals surface area contributed by atoms with Crippen molar-refractivity contribution in [2.45, 2.75) is 0 Å². The zero-order valence-electron chi connectivity index (χ0n) is 19.0. The summed E-state index contributed by atoms with van der Waals surface area (Å²) in [6.07, 6.45) is 1.49. The quantitative estimate of drug-likeness (QED) is 0.403. The van der Waals surface area contributed by atoms with Crippen molar-refractivity contribution in [2.24, 2.45) is 0 Å². The van der Waals surface area contributed by atoms with Crippen molar-refractivity contribution in [1.29, 1.82) is 0 Å². The maximum absolute atomic E-state index is 12.7. The SMILES string of the molecule is COc1c(Cl)cc(Cl)cc1C(=O)NC(=S)Nc1ccc(N2CCN(C(=O)c3ccco3)CC2)c(Cl)c1. The van der Waals surface area contributed by atoms with Gasteiger partial charge in [-0.2, -0.15) is 0 Å². The fraction of sp³-hybridized carbons (Fsp3) is 0.208. The predicted octanol–water partition coefficient (Wildman–Crippen LogP) is 5.34. The number of rotatable bonds is 5. The number of halogens is 3. The molecular weight excluding hydrogens is 547 g/mol. The van der Waals surface area contributed by atoms with E-state index in [0.29, 0.717) is 47.7 Å². The van der Waals surface area contributed by atoms with Crippen molar-refractivity contribution in [3.63, 3.8) is 0 Å². The Morgan fingerprint density at radius 1 is 1.03 bits per heavy atom. The fourth-order valence-corrected chi connectivity index (χ4v) is 4.90. The molecule has 0 aliphatic carbocycles. The largest absolute Gasteiger partial charge is 0.494 e. The average molecular weight is 568 g/mol. The van der Waals surface area contributed by atoms with Crippen molar-refractivity contribution >= 4 is 75.3 Å². The number of hydrogen-bond acceptors (Lipinski definition) is 6. The Labute approximate surface area is 228 Å². The highest BCUT2D eigenvalue weighted by molar-refractivity contribution is 7.80. The monoisotopic (exact) mass is 566 g/mol. The Morgan fingerprint density at radius 2 is 1.78 bits per heavy atom. The normalized spacial score (nSPS) is 13.3. The molecule has 0 atom stereocenters. The highest BCUT2D eigenvalue weighted by atomic mass is 35.5. The van der Waals surface area contributed by atoms with E-state index < -0.39 is 5.91 Å². The van der Waals surface area contributed by atoms with E-state index in [1.54, 1.807) is 29.2 Å². The van der Waals surface area contributed by atoms with E-state index in [4.69, 9.17) is 56.2 Å². The number of piperazine rings is 1. The van der Waals surface area contributed by atoms with Gasteiger partial charge in [-0.3, -0.25) is 14.9 Å². The molecule has 1 saturated heterocycles. The molecule has 2 amide bonds. The second-order valence-corrected chi connectivity index (χ2v) is 9.46. The van der Waals surface area contributed by atoms with Crippen molar-refractivity contribution in [3.05, 3.63) is 75.1 Å². The number of anilines is 2. The van der Waals surface area contributed by atoms with Gasteiger partial charge in [0.1, 0.15) is 5.75 Å². The Balaban J connectivity index is 1.36. The number of nitrogens with one attached hydrogen (secondary N) is 2. The van der Waals surface area contributed by atoms with E-state index in [0.717, 1.165) is 5.69 Å². The third-order valence-corrected chi connectivity index (χ3v) is 6.54. The van der Waals surface area contributed by atoms with Crippen LogP contribution in [-0.4, -0.2) is 55.1 Å². The zero-order valence-corrected chi connectivity index (χ0v) is 22.1. The van der Waals surface area contributed by atoms with Crippen LogP contribution in [0.25, 0.3) is 0 Å². The van der Waals surface area contributed by atoms with Gasteiger partial charge in [0, 0.05) is 36.9 Å². The minimum atomic E-state index is -0.529. The van der Waals surface area contributed by atoms with E-state index in [1.165, 1.54) is 25.5 Å². The third-order valence-electron chi connectivity index (χ3n) is 5.53. The van der Waals surface area contributed by atoms with E-state index in [-0.39, 0.29) is 27.4 Å². The Morgan fingerprint density at radius 3 is 2.42 bits per heavy atom. The van der Waals surface area contributed by atoms with Crippen LogP contribution >= 0.6 is 47.0 Å². The summed E-state index contributed by atoms with van der Waals surface area (Å²) >= 11 is 24.0. The summed E-state index contributed by atoms with van der Waals surface area (Å²) in [7, 11) is 1.41. The van der Waals surface area contributed by atoms with E-state index in [2.05, 4.69) is 15.5 Å². The molecule has 0 saturated carbocycles. The van der Waals surface area contributed by atoms with Gasteiger partial charge in [0.25, 0.3) is 11.8 Å². The van der Waals surface area contributed by atoms with Gasteiger partial charge in [-0.25, -0.2) is 0 Å². The number of furan rings is 1. The molecule has 2 N–H and O–H groups in total.